The Morgan fingerprint density at radius 2 is 2.12 bits per heavy atom. The van der Waals surface area contributed by atoms with Gasteiger partial charge < -0.3 is 24.2 Å². The molecule has 3 rings (SSSR count). The minimum Gasteiger partial charge on any atom is -0.493 e. The normalized spacial score (nSPS) is 25.9. The first-order valence-electron chi connectivity index (χ1n) is 7.91. The second-order valence-electron chi connectivity index (χ2n) is 6.20. The van der Waals surface area contributed by atoms with Crippen LogP contribution in [0.25, 0.3) is 0 Å². The van der Waals surface area contributed by atoms with Gasteiger partial charge in [-0.2, -0.15) is 0 Å². The smallest absolute Gasteiger partial charge is 0.311 e. The van der Waals surface area contributed by atoms with Crippen molar-refractivity contribution in [3.63, 3.8) is 0 Å². The molecule has 0 radical (unpaired) electrons. The molecule has 130 valence electrons. The van der Waals surface area contributed by atoms with Crippen LogP contribution in [0.3, 0.4) is 0 Å². The number of carboxylic acids is 1. The SMILES string of the molecule is COc1ccccc1OCC(=O)N1C[C@H]2COCC[C@@]2(C(=O)O)C1. The molecule has 2 saturated heterocycles. The standard InChI is InChI=1S/C17H21NO6/c1-22-13-4-2-3-5-14(13)24-10-15(19)18-8-12-9-23-7-6-17(12,11-18)16(20)21/h2-5,12H,6-11H2,1H3,(H,20,21)/t12-,17+/m0/s1. The van der Waals surface area contributed by atoms with Crippen LogP contribution in [-0.4, -0.2) is 61.9 Å². The first-order chi connectivity index (χ1) is 11.6. The molecule has 1 aromatic carbocycles. The van der Waals surface area contributed by atoms with Gasteiger partial charge in [0, 0.05) is 25.6 Å². The Bertz CT molecular complexity index is 633. The molecular weight excluding hydrogens is 314 g/mol. The highest BCUT2D eigenvalue weighted by Gasteiger charge is 2.54. The van der Waals surface area contributed by atoms with Gasteiger partial charge in [0.15, 0.2) is 18.1 Å². The highest BCUT2D eigenvalue weighted by molar-refractivity contribution is 5.82. The average Bonchev–Trinajstić information content (AvgIpc) is 3.01. The lowest BCUT2D eigenvalue weighted by Gasteiger charge is -2.33. The second-order valence-corrected chi connectivity index (χ2v) is 6.20. The Hall–Kier alpha value is -2.28. The summed E-state index contributed by atoms with van der Waals surface area (Å²) in [4.78, 5) is 25.8. The third kappa shape index (κ3) is 2.91. The topological polar surface area (TPSA) is 85.3 Å². The van der Waals surface area contributed by atoms with Gasteiger partial charge in [-0.1, -0.05) is 12.1 Å². The number of rotatable bonds is 5. The average molecular weight is 335 g/mol. The summed E-state index contributed by atoms with van der Waals surface area (Å²) in [5.74, 6) is -0.205. The molecule has 0 bridgehead atoms. The molecule has 0 aromatic heterocycles. The van der Waals surface area contributed by atoms with Crippen LogP contribution in [0.4, 0.5) is 0 Å². The number of carboxylic acid groups (broad SMARTS) is 1. The summed E-state index contributed by atoms with van der Waals surface area (Å²) in [6.07, 6.45) is 0.435. The number of aliphatic carboxylic acids is 1. The number of hydrogen-bond acceptors (Lipinski definition) is 5. The summed E-state index contributed by atoms with van der Waals surface area (Å²) >= 11 is 0. The number of amides is 1. The third-order valence-electron chi connectivity index (χ3n) is 4.91. The van der Waals surface area contributed by atoms with Crippen LogP contribution >= 0.6 is 0 Å². The van der Waals surface area contributed by atoms with Crippen LogP contribution in [0.5, 0.6) is 11.5 Å². The zero-order valence-corrected chi connectivity index (χ0v) is 13.6. The zero-order valence-electron chi connectivity index (χ0n) is 13.6. The summed E-state index contributed by atoms with van der Waals surface area (Å²) in [6.45, 7) is 1.25. The van der Waals surface area contributed by atoms with E-state index >= 15 is 0 Å². The van der Waals surface area contributed by atoms with Crippen molar-refractivity contribution in [3.05, 3.63) is 24.3 Å². The van der Waals surface area contributed by atoms with Gasteiger partial charge in [0.25, 0.3) is 5.91 Å². The quantitative estimate of drug-likeness (QED) is 0.865. The summed E-state index contributed by atoms with van der Waals surface area (Å²) in [5.41, 5.74) is -0.891. The number of methoxy groups -OCH3 is 1. The highest BCUT2D eigenvalue weighted by atomic mass is 16.5. The lowest BCUT2D eigenvalue weighted by molar-refractivity contribution is -0.157. The van der Waals surface area contributed by atoms with E-state index in [9.17, 15) is 14.7 Å². The predicted octanol–water partition coefficient (Wildman–Crippen LogP) is 1.02. The van der Waals surface area contributed by atoms with Gasteiger partial charge in [-0.3, -0.25) is 9.59 Å². The summed E-state index contributed by atoms with van der Waals surface area (Å²) in [7, 11) is 1.53. The molecule has 7 heteroatoms. The van der Waals surface area contributed by atoms with E-state index in [0.29, 0.717) is 37.7 Å². The first-order valence-corrected chi connectivity index (χ1v) is 7.91. The maximum atomic E-state index is 12.5. The number of hydrogen-bond donors (Lipinski definition) is 1. The van der Waals surface area contributed by atoms with Crippen LogP contribution in [0, 0.1) is 11.3 Å². The van der Waals surface area contributed by atoms with Crippen molar-refractivity contribution < 1.29 is 28.9 Å². The van der Waals surface area contributed by atoms with Crippen molar-refractivity contribution in [2.75, 3.05) is 40.0 Å². The molecule has 0 spiro atoms. The molecule has 0 aliphatic carbocycles. The van der Waals surface area contributed by atoms with Crippen molar-refractivity contribution in [1.29, 1.82) is 0 Å². The summed E-state index contributed by atoms with van der Waals surface area (Å²) in [6, 6.07) is 7.09. The molecule has 0 saturated carbocycles. The predicted molar refractivity (Wildman–Crippen MR) is 84.1 cm³/mol. The van der Waals surface area contributed by atoms with Gasteiger partial charge in [-0.05, 0) is 18.6 Å². The molecule has 2 aliphatic heterocycles. The Morgan fingerprint density at radius 1 is 1.38 bits per heavy atom. The van der Waals surface area contributed by atoms with Crippen molar-refractivity contribution in [2.45, 2.75) is 6.42 Å². The Morgan fingerprint density at radius 3 is 2.79 bits per heavy atom. The van der Waals surface area contributed by atoms with Crippen molar-refractivity contribution >= 4 is 11.9 Å². The number of benzene rings is 1. The molecule has 2 heterocycles. The molecule has 24 heavy (non-hydrogen) atoms. The van der Waals surface area contributed by atoms with E-state index in [2.05, 4.69) is 0 Å². The number of carbonyl (C=O) groups excluding carboxylic acids is 1. The van der Waals surface area contributed by atoms with Gasteiger partial charge >= 0.3 is 5.97 Å². The monoisotopic (exact) mass is 335 g/mol. The molecule has 1 aromatic rings. The van der Waals surface area contributed by atoms with Gasteiger partial charge in [-0.25, -0.2) is 0 Å². The lowest BCUT2D eigenvalue weighted by atomic mass is 9.74. The van der Waals surface area contributed by atoms with E-state index in [1.807, 2.05) is 6.07 Å². The number of likely N-dealkylation sites (tertiary alicyclic amines) is 1. The van der Waals surface area contributed by atoms with E-state index in [4.69, 9.17) is 14.2 Å². The highest BCUT2D eigenvalue weighted by Crippen LogP contribution is 2.42. The molecule has 2 fully saturated rings. The van der Waals surface area contributed by atoms with Gasteiger partial charge in [0.05, 0.1) is 19.1 Å². The molecule has 1 amide bonds. The zero-order chi connectivity index (χ0) is 17.2. The fraction of sp³-hybridized carbons (Fsp3) is 0.529. The molecule has 7 nitrogen and oxygen atoms in total. The number of carbonyl (C=O) groups is 2. The van der Waals surface area contributed by atoms with E-state index in [1.54, 1.807) is 23.1 Å². The summed E-state index contributed by atoms with van der Waals surface area (Å²) < 4.78 is 16.1. The Balaban J connectivity index is 1.65. The first kappa shape index (κ1) is 16.6. The van der Waals surface area contributed by atoms with Crippen molar-refractivity contribution in [2.24, 2.45) is 11.3 Å². The van der Waals surface area contributed by atoms with Gasteiger partial charge in [0.2, 0.25) is 0 Å². The summed E-state index contributed by atoms with van der Waals surface area (Å²) in [5, 5.41) is 9.63. The number of para-hydroxylation sites is 2. The molecule has 0 unspecified atom stereocenters. The minimum atomic E-state index is -0.891. The minimum absolute atomic E-state index is 0.149. The van der Waals surface area contributed by atoms with Crippen LogP contribution in [0.15, 0.2) is 24.3 Å². The van der Waals surface area contributed by atoms with Crippen molar-refractivity contribution in [3.8, 4) is 11.5 Å². The van der Waals surface area contributed by atoms with Crippen LogP contribution in [0.1, 0.15) is 6.42 Å². The molecular formula is C17H21NO6. The second kappa shape index (κ2) is 6.68. The fourth-order valence-electron chi connectivity index (χ4n) is 3.46. The number of fused-ring (bicyclic) bond motifs is 1. The van der Waals surface area contributed by atoms with Crippen LogP contribution in [-0.2, 0) is 14.3 Å². The van der Waals surface area contributed by atoms with Gasteiger partial charge in [-0.15, -0.1) is 0 Å². The lowest BCUT2D eigenvalue weighted by Crippen LogP contribution is -2.45. The largest absolute Gasteiger partial charge is 0.493 e. The Kier molecular flexibility index (Phi) is 4.62. The van der Waals surface area contributed by atoms with E-state index in [1.165, 1.54) is 7.11 Å². The third-order valence-corrected chi connectivity index (χ3v) is 4.91. The maximum absolute atomic E-state index is 12.5. The Labute approximate surface area is 140 Å². The van der Waals surface area contributed by atoms with Crippen molar-refractivity contribution in [1.82, 2.24) is 4.90 Å². The van der Waals surface area contributed by atoms with E-state index in [0.717, 1.165) is 0 Å². The molecule has 2 atom stereocenters. The number of nitrogens with zero attached hydrogens (tertiary/aromatic N) is 1. The van der Waals surface area contributed by atoms with E-state index in [-0.39, 0.29) is 25.0 Å². The number of ether oxygens (including phenoxy) is 3. The molecule has 2 aliphatic rings. The maximum Gasteiger partial charge on any atom is 0.311 e. The van der Waals surface area contributed by atoms with Crippen LogP contribution < -0.4 is 9.47 Å². The van der Waals surface area contributed by atoms with E-state index < -0.39 is 11.4 Å². The molecule has 1 N–H and O–H groups in total. The van der Waals surface area contributed by atoms with Crippen LogP contribution in [0.2, 0.25) is 0 Å². The van der Waals surface area contributed by atoms with Gasteiger partial charge in [0.1, 0.15) is 0 Å². The fourth-order valence-corrected chi connectivity index (χ4v) is 3.46.